The summed E-state index contributed by atoms with van der Waals surface area (Å²) < 4.78 is 19.5. The van der Waals surface area contributed by atoms with Gasteiger partial charge in [0, 0.05) is 25.8 Å². The van der Waals surface area contributed by atoms with Crippen molar-refractivity contribution in [3.63, 3.8) is 0 Å². The zero-order valence-electron chi connectivity index (χ0n) is 10.8. The van der Waals surface area contributed by atoms with Crippen LogP contribution in [0, 0.1) is 15.9 Å². The molecule has 0 aliphatic carbocycles. The lowest BCUT2D eigenvalue weighted by Gasteiger charge is -2.34. The van der Waals surface area contributed by atoms with Crippen LogP contribution in [0.15, 0.2) is 18.2 Å². The molecule has 2 rings (SSSR count). The number of hydrogen-bond acceptors (Lipinski definition) is 4. The van der Waals surface area contributed by atoms with Crippen LogP contribution in [0.25, 0.3) is 0 Å². The predicted octanol–water partition coefficient (Wildman–Crippen LogP) is 2.74. The number of rotatable bonds is 4. The fraction of sp³-hybridized carbons (Fsp3) is 0.538. The van der Waals surface area contributed by atoms with Crippen LogP contribution in [0.3, 0.4) is 0 Å². The van der Waals surface area contributed by atoms with E-state index in [1.807, 2.05) is 11.8 Å². The van der Waals surface area contributed by atoms with Gasteiger partial charge >= 0.3 is 0 Å². The highest BCUT2D eigenvalue weighted by molar-refractivity contribution is 5.52. The van der Waals surface area contributed by atoms with Crippen molar-refractivity contribution < 1.29 is 14.1 Å². The molecule has 0 radical (unpaired) electrons. The minimum absolute atomic E-state index is 0.105. The maximum Gasteiger partial charge on any atom is 0.272 e. The van der Waals surface area contributed by atoms with E-state index in [9.17, 15) is 14.5 Å². The number of benzene rings is 1. The monoisotopic (exact) mass is 268 g/mol. The van der Waals surface area contributed by atoms with Crippen LogP contribution in [-0.2, 0) is 4.74 Å². The third kappa shape index (κ3) is 3.20. The third-order valence-electron chi connectivity index (χ3n) is 3.26. The molecule has 1 fully saturated rings. The SMILES string of the molecule is CCOC1CCCN(c2ccc([N+](=O)[O-])cc2F)C1. The van der Waals surface area contributed by atoms with Crippen molar-refractivity contribution in [2.75, 3.05) is 24.6 Å². The molecule has 1 aliphatic rings. The van der Waals surface area contributed by atoms with Crippen LogP contribution in [0.5, 0.6) is 0 Å². The van der Waals surface area contributed by atoms with Gasteiger partial charge in [0.1, 0.15) is 0 Å². The summed E-state index contributed by atoms with van der Waals surface area (Å²) in [4.78, 5) is 11.9. The minimum Gasteiger partial charge on any atom is -0.377 e. The molecule has 6 heteroatoms. The minimum atomic E-state index is -0.591. The van der Waals surface area contributed by atoms with E-state index in [0.717, 1.165) is 25.5 Å². The molecule has 104 valence electrons. The van der Waals surface area contributed by atoms with Crippen molar-refractivity contribution in [3.8, 4) is 0 Å². The Kier molecular flexibility index (Phi) is 4.31. The fourth-order valence-corrected chi connectivity index (χ4v) is 2.39. The standard InChI is InChI=1S/C13H17FN2O3/c1-2-19-11-4-3-7-15(9-11)13-6-5-10(16(17)18)8-12(13)14/h5-6,8,11H,2-4,7,9H2,1H3. The summed E-state index contributed by atoms with van der Waals surface area (Å²) >= 11 is 0. The molecule has 19 heavy (non-hydrogen) atoms. The second-order valence-electron chi connectivity index (χ2n) is 4.56. The molecular weight excluding hydrogens is 251 g/mol. The summed E-state index contributed by atoms with van der Waals surface area (Å²) in [5.41, 5.74) is 0.189. The lowest BCUT2D eigenvalue weighted by Crippen LogP contribution is -2.40. The van der Waals surface area contributed by atoms with E-state index in [0.29, 0.717) is 18.8 Å². The van der Waals surface area contributed by atoms with Gasteiger partial charge in [0.2, 0.25) is 0 Å². The molecule has 1 aliphatic heterocycles. The number of nitro groups is 1. The van der Waals surface area contributed by atoms with Crippen LogP contribution in [0.2, 0.25) is 0 Å². The number of nitrogens with zero attached hydrogens (tertiary/aromatic N) is 2. The molecule has 0 N–H and O–H groups in total. The van der Waals surface area contributed by atoms with Crippen molar-refractivity contribution in [1.82, 2.24) is 0 Å². The fourth-order valence-electron chi connectivity index (χ4n) is 2.39. The Balaban J connectivity index is 2.15. The summed E-state index contributed by atoms with van der Waals surface area (Å²) in [6.45, 7) is 3.95. The number of non-ortho nitro benzene ring substituents is 1. The van der Waals surface area contributed by atoms with Crippen molar-refractivity contribution in [2.24, 2.45) is 0 Å². The van der Waals surface area contributed by atoms with Gasteiger partial charge in [0.25, 0.3) is 5.69 Å². The Morgan fingerprint density at radius 1 is 1.58 bits per heavy atom. The molecular formula is C13H17FN2O3. The van der Waals surface area contributed by atoms with E-state index in [-0.39, 0.29) is 11.8 Å². The number of halogens is 1. The first-order valence-corrected chi connectivity index (χ1v) is 6.42. The molecule has 5 nitrogen and oxygen atoms in total. The lowest BCUT2D eigenvalue weighted by atomic mass is 10.1. The van der Waals surface area contributed by atoms with Gasteiger partial charge in [-0.25, -0.2) is 4.39 Å². The molecule has 1 atom stereocenters. The topological polar surface area (TPSA) is 55.6 Å². The number of nitro benzene ring substituents is 1. The summed E-state index contributed by atoms with van der Waals surface area (Å²) in [5, 5.41) is 10.6. The van der Waals surface area contributed by atoms with Crippen LogP contribution in [-0.4, -0.2) is 30.7 Å². The van der Waals surface area contributed by atoms with Gasteiger partial charge in [-0.3, -0.25) is 10.1 Å². The Hall–Kier alpha value is -1.69. The van der Waals surface area contributed by atoms with Gasteiger partial charge in [-0.1, -0.05) is 0 Å². The highest BCUT2D eigenvalue weighted by Gasteiger charge is 2.23. The number of ether oxygens (including phenoxy) is 1. The second-order valence-corrected chi connectivity index (χ2v) is 4.56. The summed E-state index contributed by atoms with van der Waals surface area (Å²) in [6.07, 6.45) is 2.01. The number of hydrogen-bond donors (Lipinski definition) is 0. The van der Waals surface area contributed by atoms with Gasteiger partial charge in [-0.15, -0.1) is 0 Å². The van der Waals surface area contributed by atoms with Gasteiger partial charge in [-0.05, 0) is 25.8 Å². The van der Waals surface area contributed by atoms with E-state index in [4.69, 9.17) is 4.74 Å². The first-order chi connectivity index (χ1) is 9.11. The van der Waals surface area contributed by atoms with E-state index in [1.165, 1.54) is 12.1 Å². The first kappa shape index (κ1) is 13.7. The maximum atomic E-state index is 13.9. The van der Waals surface area contributed by atoms with E-state index < -0.39 is 10.7 Å². The highest BCUT2D eigenvalue weighted by atomic mass is 19.1. The van der Waals surface area contributed by atoms with Crippen molar-refractivity contribution in [1.29, 1.82) is 0 Å². The molecule has 1 heterocycles. The Morgan fingerprint density at radius 2 is 2.37 bits per heavy atom. The van der Waals surface area contributed by atoms with Gasteiger partial charge < -0.3 is 9.64 Å². The van der Waals surface area contributed by atoms with Crippen LogP contribution in [0.1, 0.15) is 19.8 Å². The van der Waals surface area contributed by atoms with Gasteiger partial charge in [0.15, 0.2) is 5.82 Å². The Morgan fingerprint density at radius 3 is 3.00 bits per heavy atom. The average Bonchev–Trinajstić information content (AvgIpc) is 2.39. The van der Waals surface area contributed by atoms with Crippen LogP contribution < -0.4 is 4.90 Å². The van der Waals surface area contributed by atoms with E-state index in [1.54, 1.807) is 0 Å². The molecule has 1 aromatic rings. The summed E-state index contributed by atoms with van der Waals surface area (Å²) in [5.74, 6) is -0.550. The molecule has 0 saturated carbocycles. The van der Waals surface area contributed by atoms with Crippen molar-refractivity contribution in [3.05, 3.63) is 34.1 Å². The molecule has 1 saturated heterocycles. The van der Waals surface area contributed by atoms with Crippen molar-refractivity contribution in [2.45, 2.75) is 25.9 Å². The zero-order chi connectivity index (χ0) is 13.8. The molecule has 0 spiro atoms. The largest absolute Gasteiger partial charge is 0.377 e. The first-order valence-electron chi connectivity index (χ1n) is 6.42. The van der Waals surface area contributed by atoms with Crippen LogP contribution in [0.4, 0.5) is 15.8 Å². The van der Waals surface area contributed by atoms with E-state index in [2.05, 4.69) is 0 Å². The zero-order valence-corrected chi connectivity index (χ0v) is 10.8. The Bertz CT molecular complexity index is 465. The second kappa shape index (κ2) is 5.97. The quantitative estimate of drug-likeness (QED) is 0.622. The molecule has 1 unspecified atom stereocenters. The Labute approximate surface area is 111 Å². The molecule has 0 aromatic heterocycles. The molecule has 0 amide bonds. The predicted molar refractivity (Wildman–Crippen MR) is 69.9 cm³/mol. The summed E-state index contributed by atoms with van der Waals surface area (Å²) in [7, 11) is 0. The summed E-state index contributed by atoms with van der Waals surface area (Å²) in [6, 6.07) is 3.78. The number of anilines is 1. The highest BCUT2D eigenvalue weighted by Crippen LogP contribution is 2.27. The average molecular weight is 268 g/mol. The normalized spacial score (nSPS) is 19.5. The smallest absolute Gasteiger partial charge is 0.272 e. The van der Waals surface area contributed by atoms with Crippen molar-refractivity contribution >= 4 is 11.4 Å². The molecule has 0 bridgehead atoms. The van der Waals surface area contributed by atoms with Gasteiger partial charge in [0.05, 0.1) is 22.8 Å². The number of piperidine rings is 1. The maximum absolute atomic E-state index is 13.9. The third-order valence-corrected chi connectivity index (χ3v) is 3.26. The van der Waals surface area contributed by atoms with Crippen LogP contribution >= 0.6 is 0 Å². The van der Waals surface area contributed by atoms with Gasteiger partial charge in [-0.2, -0.15) is 0 Å². The van der Waals surface area contributed by atoms with E-state index >= 15 is 0 Å². The lowest BCUT2D eigenvalue weighted by molar-refractivity contribution is -0.385. The molecule has 1 aromatic carbocycles.